The maximum Gasteiger partial charge on any atom is 0.317 e. The number of likely N-dealkylation sites (N-methyl/N-ethyl adjacent to an activating group) is 1. The smallest absolute Gasteiger partial charge is 0.317 e. The van der Waals surface area contributed by atoms with Gasteiger partial charge in [0.25, 0.3) is 0 Å². The van der Waals surface area contributed by atoms with Crippen molar-refractivity contribution >= 4 is 6.03 Å². The fourth-order valence-electron chi connectivity index (χ4n) is 2.72. The van der Waals surface area contributed by atoms with E-state index >= 15 is 0 Å². The fraction of sp³-hybridized carbons (Fsp3) is 0.350. The first-order valence-electron chi connectivity index (χ1n) is 8.48. The average molecular weight is 362 g/mol. The Bertz CT molecular complexity index is 710. The van der Waals surface area contributed by atoms with Crippen LogP contribution in [0.5, 0.6) is 0 Å². The van der Waals surface area contributed by atoms with E-state index in [4.69, 9.17) is 4.74 Å². The molecule has 0 aliphatic rings. The summed E-state index contributed by atoms with van der Waals surface area (Å²) in [6.45, 7) is 0.617. The predicted octanol–water partition coefficient (Wildman–Crippen LogP) is 3.41. The Labute approximate surface area is 152 Å². The molecule has 2 amide bonds. The van der Waals surface area contributed by atoms with Crippen molar-refractivity contribution in [3.63, 3.8) is 0 Å². The quantitative estimate of drug-likeness (QED) is 0.782. The number of urea groups is 1. The van der Waals surface area contributed by atoms with Crippen molar-refractivity contribution < 1.29 is 18.3 Å². The zero-order valence-corrected chi connectivity index (χ0v) is 15.0. The SMILES string of the molecule is COCC(Cc1ccccc1)N(C)C(=O)NCCc1cc(F)ccc1F. The molecule has 0 spiro atoms. The molecule has 26 heavy (non-hydrogen) atoms. The number of halogens is 2. The molecule has 2 aromatic rings. The molecule has 6 heteroatoms. The number of methoxy groups -OCH3 is 1. The predicted molar refractivity (Wildman–Crippen MR) is 97.0 cm³/mol. The van der Waals surface area contributed by atoms with Gasteiger partial charge in [0.15, 0.2) is 0 Å². The number of nitrogens with zero attached hydrogens (tertiary/aromatic N) is 1. The maximum atomic E-state index is 13.6. The van der Waals surface area contributed by atoms with E-state index in [2.05, 4.69) is 5.32 Å². The molecular weight excluding hydrogens is 338 g/mol. The Morgan fingerprint density at radius 2 is 1.92 bits per heavy atom. The average Bonchev–Trinajstić information content (AvgIpc) is 2.64. The topological polar surface area (TPSA) is 41.6 Å². The molecule has 4 nitrogen and oxygen atoms in total. The summed E-state index contributed by atoms with van der Waals surface area (Å²) < 4.78 is 32.0. The van der Waals surface area contributed by atoms with Crippen LogP contribution in [0.4, 0.5) is 13.6 Å². The van der Waals surface area contributed by atoms with Gasteiger partial charge in [0.1, 0.15) is 11.6 Å². The largest absolute Gasteiger partial charge is 0.383 e. The Morgan fingerprint density at radius 3 is 2.62 bits per heavy atom. The number of hydrogen-bond donors (Lipinski definition) is 1. The molecule has 2 aromatic carbocycles. The standard InChI is InChI=1S/C20H24F2N2O2/c1-24(18(14-26-2)12-15-6-4-3-5-7-15)20(25)23-11-10-16-13-17(21)8-9-19(16)22/h3-9,13,18H,10-12,14H2,1-2H3,(H,23,25). The molecule has 0 heterocycles. The molecule has 0 bridgehead atoms. The summed E-state index contributed by atoms with van der Waals surface area (Å²) in [5.74, 6) is -0.969. The summed E-state index contributed by atoms with van der Waals surface area (Å²) in [5, 5.41) is 2.74. The van der Waals surface area contributed by atoms with E-state index in [0.717, 1.165) is 23.8 Å². The minimum absolute atomic E-state index is 0.131. The minimum atomic E-state index is -0.493. The second-order valence-corrected chi connectivity index (χ2v) is 6.13. The highest BCUT2D eigenvalue weighted by atomic mass is 19.1. The van der Waals surface area contributed by atoms with Gasteiger partial charge in [-0.2, -0.15) is 0 Å². The first kappa shape index (κ1) is 19.8. The second-order valence-electron chi connectivity index (χ2n) is 6.13. The highest BCUT2D eigenvalue weighted by Crippen LogP contribution is 2.11. The van der Waals surface area contributed by atoms with Crippen molar-refractivity contribution in [1.82, 2.24) is 10.2 Å². The van der Waals surface area contributed by atoms with Gasteiger partial charge in [-0.25, -0.2) is 13.6 Å². The Morgan fingerprint density at radius 1 is 1.19 bits per heavy atom. The summed E-state index contributed by atoms with van der Waals surface area (Å²) in [6.07, 6.45) is 0.883. The molecule has 0 aromatic heterocycles. The van der Waals surface area contributed by atoms with Gasteiger partial charge < -0.3 is 15.0 Å². The van der Waals surface area contributed by atoms with Crippen LogP contribution in [0, 0.1) is 11.6 Å². The third-order valence-corrected chi connectivity index (χ3v) is 4.22. The van der Waals surface area contributed by atoms with Crippen LogP contribution in [0.1, 0.15) is 11.1 Å². The lowest BCUT2D eigenvalue weighted by molar-refractivity contribution is 0.115. The monoisotopic (exact) mass is 362 g/mol. The van der Waals surface area contributed by atoms with Crippen molar-refractivity contribution in [2.24, 2.45) is 0 Å². The molecular formula is C20H24F2N2O2. The molecule has 1 unspecified atom stereocenters. The van der Waals surface area contributed by atoms with E-state index in [9.17, 15) is 13.6 Å². The summed E-state index contributed by atoms with van der Waals surface area (Å²) in [7, 11) is 3.29. The second kappa shape index (κ2) is 9.87. The van der Waals surface area contributed by atoms with Crippen molar-refractivity contribution in [3.05, 3.63) is 71.3 Å². The van der Waals surface area contributed by atoms with Crippen molar-refractivity contribution in [2.45, 2.75) is 18.9 Å². The lowest BCUT2D eigenvalue weighted by Crippen LogP contribution is -2.47. The third kappa shape index (κ3) is 5.81. The van der Waals surface area contributed by atoms with Crippen LogP contribution in [-0.4, -0.2) is 44.3 Å². The van der Waals surface area contributed by atoms with Gasteiger partial charge in [0.05, 0.1) is 12.6 Å². The maximum absolute atomic E-state index is 13.6. The number of carbonyl (C=O) groups excluding carboxylic acids is 1. The van der Waals surface area contributed by atoms with E-state index in [0.29, 0.717) is 13.0 Å². The lowest BCUT2D eigenvalue weighted by atomic mass is 10.1. The van der Waals surface area contributed by atoms with Gasteiger partial charge in [0.2, 0.25) is 0 Å². The van der Waals surface area contributed by atoms with Crippen LogP contribution in [-0.2, 0) is 17.6 Å². The van der Waals surface area contributed by atoms with E-state index in [-0.39, 0.29) is 30.6 Å². The number of amides is 2. The van der Waals surface area contributed by atoms with Gasteiger partial charge in [-0.1, -0.05) is 30.3 Å². The van der Waals surface area contributed by atoms with Gasteiger partial charge in [-0.3, -0.25) is 0 Å². The van der Waals surface area contributed by atoms with E-state index in [1.807, 2.05) is 30.3 Å². The van der Waals surface area contributed by atoms with Crippen LogP contribution < -0.4 is 5.32 Å². The minimum Gasteiger partial charge on any atom is -0.383 e. The lowest BCUT2D eigenvalue weighted by Gasteiger charge is -2.28. The summed E-state index contributed by atoms with van der Waals surface area (Å²) in [6, 6.07) is 12.7. The highest BCUT2D eigenvalue weighted by Gasteiger charge is 2.20. The zero-order chi connectivity index (χ0) is 18.9. The molecule has 1 N–H and O–H groups in total. The Hall–Kier alpha value is -2.47. The van der Waals surface area contributed by atoms with Crippen molar-refractivity contribution in [2.75, 3.05) is 27.3 Å². The molecule has 0 saturated carbocycles. The van der Waals surface area contributed by atoms with Crippen LogP contribution in [0.2, 0.25) is 0 Å². The Kier molecular flexibility index (Phi) is 7.53. The first-order chi connectivity index (χ1) is 12.5. The van der Waals surface area contributed by atoms with E-state index in [1.165, 1.54) is 0 Å². The number of nitrogens with one attached hydrogen (secondary N) is 1. The third-order valence-electron chi connectivity index (χ3n) is 4.22. The van der Waals surface area contributed by atoms with Crippen molar-refractivity contribution in [1.29, 1.82) is 0 Å². The van der Waals surface area contributed by atoms with Crippen LogP contribution >= 0.6 is 0 Å². The Balaban J connectivity index is 1.90. The van der Waals surface area contributed by atoms with Gasteiger partial charge in [-0.15, -0.1) is 0 Å². The van der Waals surface area contributed by atoms with Crippen molar-refractivity contribution in [3.8, 4) is 0 Å². The normalized spacial score (nSPS) is 11.8. The van der Waals surface area contributed by atoms with E-state index in [1.54, 1.807) is 19.1 Å². The number of rotatable bonds is 8. The zero-order valence-electron chi connectivity index (χ0n) is 15.0. The van der Waals surface area contributed by atoms with Crippen LogP contribution in [0.15, 0.2) is 48.5 Å². The highest BCUT2D eigenvalue weighted by molar-refractivity contribution is 5.74. The fourth-order valence-corrected chi connectivity index (χ4v) is 2.72. The molecule has 0 aliphatic carbocycles. The molecule has 0 saturated heterocycles. The number of benzene rings is 2. The first-order valence-corrected chi connectivity index (χ1v) is 8.48. The molecule has 0 fully saturated rings. The van der Waals surface area contributed by atoms with Crippen LogP contribution in [0.25, 0.3) is 0 Å². The molecule has 2 rings (SSSR count). The molecule has 140 valence electrons. The molecule has 0 radical (unpaired) electrons. The summed E-state index contributed by atoms with van der Waals surface area (Å²) in [5.41, 5.74) is 1.35. The van der Waals surface area contributed by atoms with Gasteiger partial charge in [0, 0.05) is 20.7 Å². The molecule has 0 aliphatic heterocycles. The number of ether oxygens (including phenoxy) is 1. The number of carbonyl (C=O) groups is 1. The summed E-state index contributed by atoms with van der Waals surface area (Å²) >= 11 is 0. The van der Waals surface area contributed by atoms with Gasteiger partial charge >= 0.3 is 6.03 Å². The molecule has 1 atom stereocenters. The van der Waals surface area contributed by atoms with Crippen LogP contribution in [0.3, 0.4) is 0 Å². The van der Waals surface area contributed by atoms with E-state index < -0.39 is 11.6 Å². The summed E-state index contributed by atoms with van der Waals surface area (Å²) in [4.78, 5) is 14.0. The van der Waals surface area contributed by atoms with Gasteiger partial charge in [-0.05, 0) is 42.2 Å². The number of hydrogen-bond acceptors (Lipinski definition) is 2.